The third-order valence-corrected chi connectivity index (χ3v) is 5.89. The molecule has 23 heavy (non-hydrogen) atoms. The quantitative estimate of drug-likeness (QED) is 0.645. The van der Waals surface area contributed by atoms with Crippen LogP contribution in [0.25, 0.3) is 20.2 Å². The zero-order valence-corrected chi connectivity index (χ0v) is 14.3. The summed E-state index contributed by atoms with van der Waals surface area (Å²) in [5.74, 6) is 1.19. The van der Waals surface area contributed by atoms with Crippen LogP contribution in [0.3, 0.4) is 0 Å². The minimum absolute atomic E-state index is 0.295. The summed E-state index contributed by atoms with van der Waals surface area (Å²) in [5, 5.41) is 6.41. The van der Waals surface area contributed by atoms with E-state index < -0.39 is 0 Å². The number of hydrogen-bond acceptors (Lipinski definition) is 3. The summed E-state index contributed by atoms with van der Waals surface area (Å²) in [6.45, 7) is 3.23. The van der Waals surface area contributed by atoms with Gasteiger partial charge in [0.1, 0.15) is 0 Å². The van der Waals surface area contributed by atoms with Gasteiger partial charge >= 0.3 is 0 Å². The summed E-state index contributed by atoms with van der Waals surface area (Å²) >= 11 is 1.90. The van der Waals surface area contributed by atoms with E-state index >= 15 is 0 Å². The molecule has 3 aromatic rings. The van der Waals surface area contributed by atoms with E-state index in [0.29, 0.717) is 6.04 Å². The van der Waals surface area contributed by atoms with Crippen LogP contribution in [0.5, 0.6) is 0 Å². The van der Waals surface area contributed by atoms with Gasteiger partial charge < -0.3 is 5.32 Å². The van der Waals surface area contributed by atoms with Crippen molar-refractivity contribution in [3.8, 4) is 0 Å². The number of fused-ring (bicyclic) bond motifs is 3. The first-order valence-electron chi connectivity index (χ1n) is 8.53. The first-order valence-corrected chi connectivity index (χ1v) is 9.34. The van der Waals surface area contributed by atoms with Crippen LogP contribution in [0.15, 0.2) is 47.5 Å². The molecule has 0 bridgehead atoms. The SMILES string of the molecule is CC(NC1=NCCCCC1)c1cccc2c1sc1ccccc12. The maximum atomic E-state index is 4.72. The molecule has 0 aliphatic carbocycles. The monoisotopic (exact) mass is 322 g/mol. The minimum Gasteiger partial charge on any atom is -0.367 e. The van der Waals surface area contributed by atoms with Crippen molar-refractivity contribution in [3.63, 3.8) is 0 Å². The Morgan fingerprint density at radius 1 is 1.00 bits per heavy atom. The van der Waals surface area contributed by atoms with E-state index in [2.05, 4.69) is 54.7 Å². The largest absolute Gasteiger partial charge is 0.367 e. The molecular formula is C20H22N2S. The van der Waals surface area contributed by atoms with E-state index in [1.165, 1.54) is 50.8 Å². The van der Waals surface area contributed by atoms with E-state index in [0.717, 1.165) is 13.0 Å². The normalized spacial score (nSPS) is 17.0. The van der Waals surface area contributed by atoms with Crippen molar-refractivity contribution >= 4 is 37.3 Å². The second-order valence-corrected chi connectivity index (χ2v) is 7.38. The van der Waals surface area contributed by atoms with E-state index in [9.17, 15) is 0 Å². The highest BCUT2D eigenvalue weighted by molar-refractivity contribution is 7.26. The number of nitrogens with zero attached hydrogens (tertiary/aromatic N) is 1. The van der Waals surface area contributed by atoms with Crippen molar-refractivity contribution in [1.29, 1.82) is 0 Å². The smallest absolute Gasteiger partial charge is 0.0967 e. The van der Waals surface area contributed by atoms with Crippen LogP contribution in [0.4, 0.5) is 0 Å². The lowest BCUT2D eigenvalue weighted by Crippen LogP contribution is -2.26. The lowest BCUT2D eigenvalue weighted by atomic mass is 10.0. The Kier molecular flexibility index (Phi) is 4.04. The van der Waals surface area contributed by atoms with Gasteiger partial charge in [-0.2, -0.15) is 0 Å². The molecule has 3 heteroatoms. The van der Waals surface area contributed by atoms with Crippen LogP contribution in [0.2, 0.25) is 0 Å². The van der Waals surface area contributed by atoms with E-state index in [1.54, 1.807) is 0 Å². The lowest BCUT2D eigenvalue weighted by Gasteiger charge is -2.17. The van der Waals surface area contributed by atoms with Gasteiger partial charge in [-0.25, -0.2) is 0 Å². The predicted octanol–water partition coefficient (Wildman–Crippen LogP) is 5.68. The highest BCUT2D eigenvalue weighted by Crippen LogP contribution is 2.37. The Morgan fingerprint density at radius 2 is 1.87 bits per heavy atom. The second kappa shape index (κ2) is 6.32. The van der Waals surface area contributed by atoms with Gasteiger partial charge in [-0.1, -0.05) is 42.8 Å². The summed E-state index contributed by atoms with van der Waals surface area (Å²) in [5.41, 5.74) is 1.38. The van der Waals surface area contributed by atoms with Gasteiger partial charge in [-0.05, 0) is 31.4 Å². The lowest BCUT2D eigenvalue weighted by molar-refractivity contribution is 0.698. The van der Waals surface area contributed by atoms with E-state index in [1.807, 2.05) is 11.3 Å². The van der Waals surface area contributed by atoms with Crippen LogP contribution in [-0.4, -0.2) is 12.4 Å². The molecule has 2 aromatic carbocycles. The van der Waals surface area contributed by atoms with Crippen molar-refractivity contribution in [2.75, 3.05) is 6.54 Å². The molecule has 1 unspecified atom stereocenters. The highest BCUT2D eigenvalue weighted by Gasteiger charge is 2.15. The van der Waals surface area contributed by atoms with Gasteiger partial charge in [0.25, 0.3) is 0 Å². The molecule has 1 N–H and O–H groups in total. The molecule has 1 aliphatic rings. The number of rotatable bonds is 2. The van der Waals surface area contributed by atoms with Crippen LogP contribution >= 0.6 is 11.3 Å². The van der Waals surface area contributed by atoms with Crippen LogP contribution in [0, 0.1) is 0 Å². The summed E-state index contributed by atoms with van der Waals surface area (Å²) in [7, 11) is 0. The maximum Gasteiger partial charge on any atom is 0.0967 e. The Morgan fingerprint density at radius 3 is 2.83 bits per heavy atom. The Hall–Kier alpha value is -1.87. The number of hydrogen-bond donors (Lipinski definition) is 1. The molecule has 118 valence electrons. The third kappa shape index (κ3) is 2.86. The number of nitrogens with one attached hydrogen (secondary N) is 1. The van der Waals surface area contributed by atoms with Crippen molar-refractivity contribution < 1.29 is 0 Å². The highest BCUT2D eigenvalue weighted by atomic mass is 32.1. The summed E-state index contributed by atoms with van der Waals surface area (Å²) in [4.78, 5) is 4.72. The average molecular weight is 322 g/mol. The fourth-order valence-corrected chi connectivity index (χ4v) is 4.73. The molecule has 1 aromatic heterocycles. The van der Waals surface area contributed by atoms with Crippen molar-refractivity contribution in [3.05, 3.63) is 48.0 Å². The summed E-state index contributed by atoms with van der Waals surface area (Å²) < 4.78 is 2.77. The predicted molar refractivity (Wildman–Crippen MR) is 102 cm³/mol. The number of benzene rings is 2. The minimum atomic E-state index is 0.295. The van der Waals surface area contributed by atoms with E-state index in [-0.39, 0.29) is 0 Å². The topological polar surface area (TPSA) is 24.4 Å². The second-order valence-electron chi connectivity index (χ2n) is 6.33. The van der Waals surface area contributed by atoms with Gasteiger partial charge in [0.05, 0.1) is 11.9 Å². The summed E-state index contributed by atoms with van der Waals surface area (Å²) in [6, 6.07) is 15.7. The van der Waals surface area contributed by atoms with Crippen molar-refractivity contribution in [2.45, 2.75) is 38.6 Å². The molecule has 2 heterocycles. The molecule has 1 atom stereocenters. The molecule has 0 radical (unpaired) electrons. The molecule has 0 spiro atoms. The molecule has 0 amide bonds. The molecule has 1 aliphatic heterocycles. The molecule has 0 fully saturated rings. The zero-order valence-electron chi connectivity index (χ0n) is 13.5. The number of amidine groups is 1. The van der Waals surface area contributed by atoms with Gasteiger partial charge in [-0.15, -0.1) is 11.3 Å². The van der Waals surface area contributed by atoms with Gasteiger partial charge in [0.15, 0.2) is 0 Å². The average Bonchev–Trinajstić information content (AvgIpc) is 2.76. The molecule has 4 rings (SSSR count). The standard InChI is InChI=1S/C20H22N2S/c1-14(22-19-12-3-2-6-13-21-19)15-9-7-10-17-16-8-4-5-11-18(16)23-20(15)17/h4-5,7-11,14H,2-3,6,12-13H2,1H3,(H,21,22). The zero-order chi connectivity index (χ0) is 15.6. The van der Waals surface area contributed by atoms with Gasteiger partial charge in [-0.3, -0.25) is 4.99 Å². The van der Waals surface area contributed by atoms with Gasteiger partial charge in [0.2, 0.25) is 0 Å². The number of thiophene rings is 1. The van der Waals surface area contributed by atoms with Crippen LogP contribution < -0.4 is 5.32 Å². The van der Waals surface area contributed by atoms with Crippen LogP contribution in [-0.2, 0) is 0 Å². The van der Waals surface area contributed by atoms with Crippen molar-refractivity contribution in [1.82, 2.24) is 5.32 Å². The summed E-state index contributed by atoms with van der Waals surface area (Å²) in [6.07, 6.45) is 4.87. The Labute approximate surface area is 141 Å². The van der Waals surface area contributed by atoms with Gasteiger partial charge in [0, 0.05) is 33.1 Å². The third-order valence-electron chi connectivity index (χ3n) is 4.66. The van der Waals surface area contributed by atoms with E-state index in [4.69, 9.17) is 4.99 Å². The fourth-order valence-electron chi connectivity index (χ4n) is 3.43. The molecule has 2 nitrogen and oxygen atoms in total. The van der Waals surface area contributed by atoms with Crippen LogP contribution in [0.1, 0.15) is 44.2 Å². The maximum absolute atomic E-state index is 4.72. The Bertz CT molecular complexity index is 862. The Balaban J connectivity index is 1.71. The first kappa shape index (κ1) is 14.7. The molecular weight excluding hydrogens is 300 g/mol. The van der Waals surface area contributed by atoms with Crippen molar-refractivity contribution in [2.24, 2.45) is 4.99 Å². The fraction of sp³-hybridized carbons (Fsp3) is 0.350. The molecule has 0 saturated heterocycles. The first-order chi connectivity index (χ1) is 11.3. The molecule has 0 saturated carbocycles. The number of aliphatic imine (C=N–C) groups is 1.